The monoisotopic (exact) mass is 311 g/mol. The van der Waals surface area contributed by atoms with Crippen molar-refractivity contribution in [2.75, 3.05) is 11.9 Å². The molecule has 0 aliphatic heterocycles. The zero-order valence-electron chi connectivity index (χ0n) is 9.18. The summed E-state index contributed by atoms with van der Waals surface area (Å²) in [6, 6.07) is 3.94. The zero-order valence-corrected chi connectivity index (χ0v) is 10.8. The standard InChI is InChI=1S/C11H13BrF3NO/c1-7(17)4-5-16-10-3-2-8(12)6-9(10)11(13,14)15/h2-3,6-7,16-17H,4-5H2,1H3. The van der Waals surface area contributed by atoms with Crippen LogP contribution in [0.1, 0.15) is 18.9 Å². The molecule has 0 fully saturated rings. The van der Waals surface area contributed by atoms with Gasteiger partial charge in [-0.25, -0.2) is 0 Å². The van der Waals surface area contributed by atoms with Gasteiger partial charge in [0.2, 0.25) is 0 Å². The smallest absolute Gasteiger partial charge is 0.393 e. The van der Waals surface area contributed by atoms with Crippen LogP contribution in [0.4, 0.5) is 18.9 Å². The van der Waals surface area contributed by atoms with Gasteiger partial charge in [0.1, 0.15) is 0 Å². The van der Waals surface area contributed by atoms with E-state index < -0.39 is 17.8 Å². The molecule has 1 aromatic carbocycles. The predicted molar refractivity (Wildman–Crippen MR) is 63.9 cm³/mol. The number of nitrogens with one attached hydrogen (secondary N) is 1. The first kappa shape index (κ1) is 14.3. The van der Waals surface area contributed by atoms with Crippen molar-refractivity contribution in [3.8, 4) is 0 Å². The molecule has 0 aromatic heterocycles. The van der Waals surface area contributed by atoms with E-state index in [0.717, 1.165) is 6.07 Å². The number of hydrogen-bond acceptors (Lipinski definition) is 2. The van der Waals surface area contributed by atoms with E-state index in [1.54, 1.807) is 13.0 Å². The van der Waals surface area contributed by atoms with E-state index >= 15 is 0 Å². The third-order valence-corrected chi connectivity index (χ3v) is 2.66. The van der Waals surface area contributed by atoms with Crippen molar-refractivity contribution in [3.05, 3.63) is 28.2 Å². The van der Waals surface area contributed by atoms with E-state index in [-0.39, 0.29) is 5.69 Å². The van der Waals surface area contributed by atoms with Crippen molar-refractivity contribution < 1.29 is 18.3 Å². The molecule has 6 heteroatoms. The van der Waals surface area contributed by atoms with E-state index in [0.29, 0.717) is 17.4 Å². The van der Waals surface area contributed by atoms with Gasteiger partial charge in [-0.1, -0.05) is 15.9 Å². The fourth-order valence-electron chi connectivity index (χ4n) is 1.32. The van der Waals surface area contributed by atoms with Gasteiger partial charge >= 0.3 is 6.18 Å². The molecule has 0 radical (unpaired) electrons. The van der Waals surface area contributed by atoms with Gasteiger partial charge in [0.15, 0.2) is 0 Å². The van der Waals surface area contributed by atoms with Gasteiger partial charge in [-0.05, 0) is 31.5 Å². The number of aliphatic hydroxyl groups excluding tert-OH is 1. The first-order chi connectivity index (χ1) is 7.80. The number of benzene rings is 1. The van der Waals surface area contributed by atoms with E-state index in [9.17, 15) is 13.2 Å². The van der Waals surface area contributed by atoms with E-state index in [4.69, 9.17) is 5.11 Å². The Bertz CT molecular complexity index is 379. The molecule has 1 aromatic rings. The first-order valence-corrected chi connectivity index (χ1v) is 5.88. The van der Waals surface area contributed by atoms with Crippen molar-refractivity contribution in [3.63, 3.8) is 0 Å². The minimum absolute atomic E-state index is 0.0290. The van der Waals surface area contributed by atoms with Crippen molar-refractivity contribution in [2.24, 2.45) is 0 Å². The highest BCUT2D eigenvalue weighted by Crippen LogP contribution is 2.36. The predicted octanol–water partition coefficient (Wildman–Crippen LogP) is 3.65. The molecule has 1 atom stereocenters. The summed E-state index contributed by atoms with van der Waals surface area (Å²) in [6.45, 7) is 1.89. The number of halogens is 4. The molecule has 1 unspecified atom stereocenters. The lowest BCUT2D eigenvalue weighted by Gasteiger charge is -2.15. The van der Waals surface area contributed by atoms with Gasteiger partial charge in [0, 0.05) is 16.7 Å². The maximum Gasteiger partial charge on any atom is 0.418 e. The molecular weight excluding hydrogens is 299 g/mol. The van der Waals surface area contributed by atoms with Crippen LogP contribution in [0.3, 0.4) is 0 Å². The summed E-state index contributed by atoms with van der Waals surface area (Å²) in [6.07, 6.45) is -4.53. The third-order valence-electron chi connectivity index (χ3n) is 2.16. The second-order valence-corrected chi connectivity index (χ2v) is 4.67. The number of hydrogen-bond donors (Lipinski definition) is 2. The molecule has 17 heavy (non-hydrogen) atoms. The van der Waals surface area contributed by atoms with Gasteiger partial charge in [-0.3, -0.25) is 0 Å². The molecule has 0 aliphatic carbocycles. The van der Waals surface area contributed by atoms with Crippen LogP contribution in [0, 0.1) is 0 Å². The summed E-state index contributed by atoms with van der Waals surface area (Å²) in [5.74, 6) is 0. The quantitative estimate of drug-likeness (QED) is 0.889. The summed E-state index contributed by atoms with van der Waals surface area (Å²) < 4.78 is 38.5. The highest BCUT2D eigenvalue weighted by atomic mass is 79.9. The SMILES string of the molecule is CC(O)CCNc1ccc(Br)cc1C(F)(F)F. The Kier molecular flexibility index (Phi) is 4.82. The van der Waals surface area contributed by atoms with Crippen molar-refractivity contribution >= 4 is 21.6 Å². The maximum absolute atomic E-state index is 12.7. The lowest BCUT2D eigenvalue weighted by molar-refractivity contribution is -0.137. The molecule has 96 valence electrons. The molecule has 0 saturated carbocycles. The summed E-state index contributed by atoms with van der Waals surface area (Å²) in [5.41, 5.74) is -0.682. The van der Waals surface area contributed by atoms with Gasteiger partial charge in [0.25, 0.3) is 0 Å². The normalized spacial score (nSPS) is 13.5. The van der Waals surface area contributed by atoms with Crippen LogP contribution >= 0.6 is 15.9 Å². The largest absolute Gasteiger partial charge is 0.418 e. The third kappa shape index (κ3) is 4.55. The summed E-state index contributed by atoms with van der Waals surface area (Å²) in [7, 11) is 0. The Morgan fingerprint density at radius 3 is 2.59 bits per heavy atom. The van der Waals surface area contributed by atoms with E-state index in [1.165, 1.54) is 6.07 Å². The maximum atomic E-state index is 12.7. The van der Waals surface area contributed by atoms with Crippen molar-refractivity contribution in [1.82, 2.24) is 0 Å². The van der Waals surface area contributed by atoms with Gasteiger partial charge in [-0.15, -0.1) is 0 Å². The van der Waals surface area contributed by atoms with Crippen LogP contribution in [0.15, 0.2) is 22.7 Å². The highest BCUT2D eigenvalue weighted by molar-refractivity contribution is 9.10. The second-order valence-electron chi connectivity index (χ2n) is 3.75. The van der Waals surface area contributed by atoms with Gasteiger partial charge in [-0.2, -0.15) is 13.2 Å². The topological polar surface area (TPSA) is 32.3 Å². The van der Waals surface area contributed by atoms with Crippen LogP contribution in [0.25, 0.3) is 0 Å². The molecule has 1 rings (SSSR count). The minimum atomic E-state index is -4.39. The van der Waals surface area contributed by atoms with Gasteiger partial charge in [0.05, 0.1) is 11.7 Å². The Balaban J connectivity index is 2.84. The van der Waals surface area contributed by atoms with Gasteiger partial charge < -0.3 is 10.4 Å². The van der Waals surface area contributed by atoms with Crippen LogP contribution in [0.2, 0.25) is 0 Å². The first-order valence-electron chi connectivity index (χ1n) is 5.09. The summed E-state index contributed by atoms with van der Waals surface area (Å²) in [5, 5.41) is 11.7. The summed E-state index contributed by atoms with van der Waals surface area (Å²) >= 11 is 3.01. The summed E-state index contributed by atoms with van der Waals surface area (Å²) in [4.78, 5) is 0. The fourth-order valence-corrected chi connectivity index (χ4v) is 1.68. The molecule has 0 aliphatic rings. The number of anilines is 1. The Morgan fingerprint density at radius 2 is 2.06 bits per heavy atom. The molecular formula is C11H13BrF3NO. The van der Waals surface area contributed by atoms with Crippen molar-refractivity contribution in [2.45, 2.75) is 25.6 Å². The molecule has 0 bridgehead atoms. The Morgan fingerprint density at radius 1 is 1.41 bits per heavy atom. The molecule has 2 N–H and O–H groups in total. The van der Waals surface area contributed by atoms with Crippen LogP contribution < -0.4 is 5.32 Å². The van der Waals surface area contributed by atoms with Crippen LogP contribution in [-0.4, -0.2) is 17.8 Å². The minimum Gasteiger partial charge on any atom is -0.393 e. The Labute approximate surface area is 106 Å². The van der Waals surface area contributed by atoms with E-state index in [2.05, 4.69) is 21.2 Å². The molecule has 0 amide bonds. The number of rotatable bonds is 4. The Hall–Kier alpha value is -0.750. The zero-order chi connectivity index (χ0) is 13.1. The van der Waals surface area contributed by atoms with Crippen molar-refractivity contribution in [1.29, 1.82) is 0 Å². The van der Waals surface area contributed by atoms with E-state index in [1.807, 2.05) is 0 Å². The van der Waals surface area contributed by atoms with Crippen LogP contribution in [-0.2, 0) is 6.18 Å². The average Bonchev–Trinajstić information content (AvgIpc) is 2.18. The van der Waals surface area contributed by atoms with Crippen LogP contribution in [0.5, 0.6) is 0 Å². The second kappa shape index (κ2) is 5.73. The fraction of sp³-hybridized carbons (Fsp3) is 0.455. The lowest BCUT2D eigenvalue weighted by Crippen LogP contribution is -2.14. The molecule has 0 heterocycles. The number of aliphatic hydroxyl groups is 1. The average molecular weight is 312 g/mol. The molecule has 0 saturated heterocycles. The molecule has 2 nitrogen and oxygen atoms in total. The lowest BCUT2D eigenvalue weighted by atomic mass is 10.1. The number of alkyl halides is 3. The molecule has 0 spiro atoms. The highest BCUT2D eigenvalue weighted by Gasteiger charge is 2.33.